The van der Waals surface area contributed by atoms with Gasteiger partial charge in [0.25, 0.3) is 5.91 Å². The molecule has 0 aliphatic heterocycles. The number of nitrogens with one attached hydrogen (secondary N) is 1. The van der Waals surface area contributed by atoms with Gasteiger partial charge in [0.1, 0.15) is 0 Å². The Hall–Kier alpha value is -1.89. The normalized spacial score (nSPS) is 12.1. The van der Waals surface area contributed by atoms with Crippen LogP contribution in [-0.4, -0.2) is 41.7 Å². The molecule has 0 spiro atoms. The first-order chi connectivity index (χ1) is 7.56. The molecule has 88 valence electrons. The summed E-state index contributed by atoms with van der Waals surface area (Å²) in [6, 6.07) is 0. The first kappa shape index (κ1) is 12.2. The second-order valence-corrected chi connectivity index (χ2v) is 3.04. The molecule has 0 fully saturated rings. The summed E-state index contributed by atoms with van der Waals surface area (Å²) < 4.78 is 9.49. The largest absolute Gasteiger partial charge is 0.479 e. The Morgan fingerprint density at radius 1 is 1.69 bits per heavy atom. The summed E-state index contributed by atoms with van der Waals surface area (Å²) in [5.41, 5.74) is 0.446. The van der Waals surface area contributed by atoms with Crippen LogP contribution in [0.4, 0.5) is 0 Å². The minimum absolute atomic E-state index is 0.0697. The molecule has 1 heterocycles. The highest BCUT2D eigenvalue weighted by Gasteiger charge is 2.19. The van der Waals surface area contributed by atoms with Crippen molar-refractivity contribution < 1.29 is 23.8 Å². The summed E-state index contributed by atoms with van der Waals surface area (Å²) >= 11 is 0. The highest BCUT2D eigenvalue weighted by Crippen LogP contribution is 2.04. The molecule has 0 aromatic carbocycles. The zero-order valence-electron chi connectivity index (χ0n) is 8.89. The van der Waals surface area contributed by atoms with Gasteiger partial charge in [-0.15, -0.1) is 0 Å². The van der Waals surface area contributed by atoms with Gasteiger partial charge in [-0.3, -0.25) is 4.79 Å². The highest BCUT2D eigenvalue weighted by atomic mass is 16.5. The van der Waals surface area contributed by atoms with Crippen LogP contribution in [0.15, 0.2) is 10.8 Å². The summed E-state index contributed by atoms with van der Waals surface area (Å²) in [6.07, 6.45) is 0.0714. The van der Waals surface area contributed by atoms with Crippen molar-refractivity contribution in [1.29, 1.82) is 0 Å². The number of aryl methyl sites for hydroxylation is 1. The van der Waals surface area contributed by atoms with E-state index in [2.05, 4.69) is 15.0 Å². The number of hydrogen-bond donors (Lipinski definition) is 2. The quantitative estimate of drug-likeness (QED) is 0.724. The Balaban J connectivity index is 2.53. The van der Waals surface area contributed by atoms with E-state index in [4.69, 9.17) is 9.52 Å². The molecule has 7 nitrogen and oxygen atoms in total. The van der Waals surface area contributed by atoms with E-state index in [1.807, 2.05) is 0 Å². The van der Waals surface area contributed by atoms with Gasteiger partial charge in [0.05, 0.1) is 12.2 Å². The van der Waals surface area contributed by atoms with E-state index in [1.165, 1.54) is 7.11 Å². The van der Waals surface area contributed by atoms with Gasteiger partial charge < -0.3 is 19.6 Å². The number of oxazole rings is 1. The van der Waals surface area contributed by atoms with Crippen molar-refractivity contribution in [1.82, 2.24) is 10.3 Å². The van der Waals surface area contributed by atoms with Gasteiger partial charge >= 0.3 is 5.97 Å². The zero-order chi connectivity index (χ0) is 12.1. The van der Waals surface area contributed by atoms with E-state index in [-0.39, 0.29) is 12.3 Å². The van der Waals surface area contributed by atoms with E-state index in [0.29, 0.717) is 5.69 Å². The number of amides is 1. The standard InChI is InChI=1S/C9H12N2O5/c1-5-7(16-4-11-5)8(12)10-3-6(15-2)9(13)14/h4,6H,3H2,1-2H3,(H,10,12)(H,13,14). The number of ether oxygens (including phenoxy) is 1. The molecule has 0 saturated heterocycles. The van der Waals surface area contributed by atoms with Gasteiger partial charge in [-0.2, -0.15) is 0 Å². The smallest absolute Gasteiger partial charge is 0.334 e. The van der Waals surface area contributed by atoms with Crippen molar-refractivity contribution in [2.45, 2.75) is 13.0 Å². The molecule has 1 unspecified atom stereocenters. The fraction of sp³-hybridized carbons (Fsp3) is 0.444. The molecule has 1 atom stereocenters. The van der Waals surface area contributed by atoms with Crippen molar-refractivity contribution in [3.63, 3.8) is 0 Å². The maximum absolute atomic E-state index is 11.5. The molecule has 0 saturated carbocycles. The maximum Gasteiger partial charge on any atom is 0.334 e. The van der Waals surface area contributed by atoms with Crippen LogP contribution in [0.5, 0.6) is 0 Å². The van der Waals surface area contributed by atoms with Crippen LogP contribution in [0.25, 0.3) is 0 Å². The Kier molecular flexibility index (Phi) is 4.01. The van der Waals surface area contributed by atoms with Gasteiger partial charge in [-0.1, -0.05) is 0 Å². The Morgan fingerprint density at radius 3 is 2.81 bits per heavy atom. The lowest BCUT2D eigenvalue weighted by atomic mass is 10.3. The molecule has 1 amide bonds. The molecule has 0 bridgehead atoms. The number of aliphatic carboxylic acids is 1. The molecule has 1 aromatic rings. The van der Waals surface area contributed by atoms with Crippen molar-refractivity contribution in [2.24, 2.45) is 0 Å². The second kappa shape index (κ2) is 5.26. The lowest BCUT2D eigenvalue weighted by molar-refractivity contribution is -0.148. The molecule has 2 N–H and O–H groups in total. The molecule has 0 aliphatic carbocycles. The predicted molar refractivity (Wildman–Crippen MR) is 52.0 cm³/mol. The van der Waals surface area contributed by atoms with E-state index in [0.717, 1.165) is 6.39 Å². The molecule has 1 rings (SSSR count). The molecule has 1 aromatic heterocycles. The van der Waals surface area contributed by atoms with Gasteiger partial charge in [0.15, 0.2) is 12.5 Å². The van der Waals surface area contributed by atoms with Crippen LogP contribution < -0.4 is 5.32 Å². The second-order valence-electron chi connectivity index (χ2n) is 3.04. The molecular formula is C9H12N2O5. The Labute approximate surface area is 91.4 Å². The summed E-state index contributed by atoms with van der Waals surface area (Å²) in [6.45, 7) is 1.48. The van der Waals surface area contributed by atoms with Gasteiger partial charge in [-0.25, -0.2) is 9.78 Å². The SMILES string of the molecule is COC(CNC(=O)c1ocnc1C)C(=O)O. The van der Waals surface area contributed by atoms with Crippen LogP contribution in [0, 0.1) is 6.92 Å². The number of aromatic nitrogens is 1. The summed E-state index contributed by atoms with van der Waals surface area (Å²) in [5, 5.41) is 11.0. The molecular weight excluding hydrogens is 216 g/mol. The number of carboxylic acids is 1. The number of carbonyl (C=O) groups excluding carboxylic acids is 1. The summed E-state index contributed by atoms with van der Waals surface area (Å²) in [4.78, 5) is 25.8. The van der Waals surface area contributed by atoms with Crippen LogP contribution in [0.3, 0.4) is 0 Å². The topological polar surface area (TPSA) is 102 Å². The lowest BCUT2D eigenvalue weighted by Crippen LogP contribution is -2.37. The minimum Gasteiger partial charge on any atom is -0.479 e. The van der Waals surface area contributed by atoms with Crippen LogP contribution in [-0.2, 0) is 9.53 Å². The Bertz CT molecular complexity index is 387. The van der Waals surface area contributed by atoms with Crippen molar-refractivity contribution >= 4 is 11.9 Å². The van der Waals surface area contributed by atoms with Crippen molar-refractivity contribution in [3.05, 3.63) is 17.8 Å². The number of rotatable bonds is 5. The number of methoxy groups -OCH3 is 1. The van der Waals surface area contributed by atoms with Crippen LogP contribution >= 0.6 is 0 Å². The van der Waals surface area contributed by atoms with Gasteiger partial charge in [-0.05, 0) is 6.92 Å². The third-order valence-corrected chi connectivity index (χ3v) is 1.96. The zero-order valence-corrected chi connectivity index (χ0v) is 8.89. The number of hydrogen-bond acceptors (Lipinski definition) is 5. The van der Waals surface area contributed by atoms with E-state index < -0.39 is 18.0 Å². The average Bonchev–Trinajstić information content (AvgIpc) is 2.64. The number of carboxylic acid groups (broad SMARTS) is 1. The van der Waals surface area contributed by atoms with Gasteiger partial charge in [0.2, 0.25) is 5.76 Å². The van der Waals surface area contributed by atoms with Crippen LogP contribution in [0.2, 0.25) is 0 Å². The fourth-order valence-electron chi connectivity index (χ4n) is 1.06. The molecule has 16 heavy (non-hydrogen) atoms. The Morgan fingerprint density at radius 2 is 2.38 bits per heavy atom. The first-order valence-corrected chi connectivity index (χ1v) is 4.50. The average molecular weight is 228 g/mol. The van der Waals surface area contributed by atoms with Crippen molar-refractivity contribution in [3.8, 4) is 0 Å². The summed E-state index contributed by atoms with van der Waals surface area (Å²) in [7, 11) is 1.25. The van der Waals surface area contributed by atoms with Crippen LogP contribution in [0.1, 0.15) is 16.2 Å². The van der Waals surface area contributed by atoms with E-state index in [9.17, 15) is 9.59 Å². The van der Waals surface area contributed by atoms with E-state index in [1.54, 1.807) is 6.92 Å². The number of carbonyl (C=O) groups is 2. The molecule has 0 aliphatic rings. The fourth-order valence-corrected chi connectivity index (χ4v) is 1.06. The molecule has 7 heteroatoms. The predicted octanol–water partition coefficient (Wildman–Crippen LogP) is -0.188. The third kappa shape index (κ3) is 2.80. The lowest BCUT2D eigenvalue weighted by Gasteiger charge is -2.10. The maximum atomic E-state index is 11.5. The molecule has 0 radical (unpaired) electrons. The van der Waals surface area contributed by atoms with E-state index >= 15 is 0 Å². The highest BCUT2D eigenvalue weighted by molar-refractivity contribution is 5.92. The minimum atomic E-state index is -1.14. The number of nitrogens with zero attached hydrogens (tertiary/aromatic N) is 1. The first-order valence-electron chi connectivity index (χ1n) is 4.50. The summed E-state index contributed by atoms with van der Waals surface area (Å²) in [5.74, 6) is -1.59. The van der Waals surface area contributed by atoms with Crippen molar-refractivity contribution in [2.75, 3.05) is 13.7 Å². The van der Waals surface area contributed by atoms with Gasteiger partial charge in [0, 0.05) is 7.11 Å². The third-order valence-electron chi connectivity index (χ3n) is 1.96. The monoisotopic (exact) mass is 228 g/mol.